The van der Waals surface area contributed by atoms with Crippen molar-refractivity contribution in [2.24, 2.45) is 10.7 Å². The number of hydrogen-bond acceptors (Lipinski definition) is 6. The first-order valence-corrected chi connectivity index (χ1v) is 6.99. The minimum atomic E-state index is -0.819. The molecule has 1 aromatic rings. The van der Waals surface area contributed by atoms with E-state index >= 15 is 0 Å². The van der Waals surface area contributed by atoms with Crippen molar-refractivity contribution in [2.45, 2.75) is 0 Å². The molecular weight excluding hydrogens is 324 g/mol. The second-order valence-electron chi connectivity index (χ2n) is 4.57. The van der Waals surface area contributed by atoms with Gasteiger partial charge in [-0.05, 0) is 12.1 Å². The number of aliphatic imine (C=N–C) groups is 1. The van der Waals surface area contributed by atoms with Crippen LogP contribution in [-0.2, 0) is 19.1 Å². The second-order valence-corrected chi connectivity index (χ2v) is 4.57. The molecule has 0 aromatic heterocycles. The third-order valence-electron chi connectivity index (χ3n) is 2.79. The van der Waals surface area contributed by atoms with E-state index in [0.29, 0.717) is 5.69 Å². The van der Waals surface area contributed by atoms with Crippen molar-refractivity contribution in [1.29, 1.82) is 0 Å². The number of rotatable bonds is 7. The molecule has 4 N–H and O–H groups in total. The largest absolute Gasteiger partial charge is 0.464 e. The van der Waals surface area contributed by atoms with E-state index in [4.69, 9.17) is 5.73 Å². The average Bonchev–Trinajstić information content (AvgIpc) is 2.62. The first-order valence-electron chi connectivity index (χ1n) is 6.99. The van der Waals surface area contributed by atoms with Gasteiger partial charge < -0.3 is 21.1 Å². The van der Waals surface area contributed by atoms with Crippen LogP contribution in [0.1, 0.15) is 0 Å². The number of esters is 1. The van der Waals surface area contributed by atoms with Crippen LogP contribution in [0.15, 0.2) is 71.6 Å². The molecule has 0 heterocycles. The first-order chi connectivity index (χ1) is 11.9. The summed E-state index contributed by atoms with van der Waals surface area (Å²) in [7, 11) is 1.14. The molecule has 25 heavy (non-hydrogen) atoms. The highest BCUT2D eigenvalue weighted by molar-refractivity contribution is 6.15. The van der Waals surface area contributed by atoms with E-state index in [1.54, 1.807) is 24.3 Å². The monoisotopic (exact) mass is 342 g/mol. The van der Waals surface area contributed by atoms with Crippen LogP contribution in [0.25, 0.3) is 0 Å². The van der Waals surface area contributed by atoms with Crippen molar-refractivity contribution in [1.82, 2.24) is 10.6 Å². The number of carbonyl (C=O) groups excluding carboxylic acids is 3. The van der Waals surface area contributed by atoms with Gasteiger partial charge in [-0.15, -0.1) is 0 Å². The number of benzene rings is 1. The SMILES string of the molecule is C=C(NC(=O)/C(C=Nc1ccccc1)=C/N)C(=O)NC(=C)C(=O)OC. The molecule has 0 aliphatic carbocycles. The topological polar surface area (TPSA) is 123 Å². The molecule has 0 unspecified atom stereocenters. The number of amides is 2. The van der Waals surface area contributed by atoms with Crippen LogP contribution in [0, 0.1) is 0 Å². The smallest absolute Gasteiger partial charge is 0.353 e. The Labute approximate surface area is 144 Å². The van der Waals surface area contributed by atoms with Gasteiger partial charge in [0.05, 0.1) is 24.1 Å². The third-order valence-corrected chi connectivity index (χ3v) is 2.79. The van der Waals surface area contributed by atoms with Gasteiger partial charge in [-0.25, -0.2) is 4.79 Å². The maximum Gasteiger partial charge on any atom is 0.353 e. The van der Waals surface area contributed by atoms with Gasteiger partial charge >= 0.3 is 5.97 Å². The number of carbonyl (C=O) groups is 3. The van der Waals surface area contributed by atoms with Crippen molar-refractivity contribution in [2.75, 3.05) is 7.11 Å². The van der Waals surface area contributed by atoms with E-state index in [-0.39, 0.29) is 17.0 Å². The molecule has 0 aliphatic rings. The van der Waals surface area contributed by atoms with Crippen LogP contribution in [0.4, 0.5) is 5.69 Å². The second kappa shape index (κ2) is 9.46. The minimum absolute atomic E-state index is 0.0181. The van der Waals surface area contributed by atoms with Gasteiger partial charge in [0, 0.05) is 12.4 Å². The zero-order valence-corrected chi connectivity index (χ0v) is 13.6. The van der Waals surface area contributed by atoms with Crippen LogP contribution in [0.3, 0.4) is 0 Å². The number of methoxy groups -OCH3 is 1. The first kappa shape index (κ1) is 19.4. The van der Waals surface area contributed by atoms with Crippen molar-refractivity contribution in [3.05, 3.63) is 66.7 Å². The Bertz CT molecular complexity index is 751. The molecule has 0 atom stereocenters. The zero-order valence-electron chi connectivity index (χ0n) is 13.6. The summed E-state index contributed by atoms with van der Waals surface area (Å²) >= 11 is 0. The van der Waals surface area contributed by atoms with Crippen LogP contribution >= 0.6 is 0 Å². The van der Waals surface area contributed by atoms with Gasteiger partial charge in [-0.2, -0.15) is 0 Å². The lowest BCUT2D eigenvalue weighted by Crippen LogP contribution is -2.36. The number of ether oxygens (including phenoxy) is 1. The predicted octanol–water partition coefficient (Wildman–Crippen LogP) is 0.664. The number of nitrogens with zero attached hydrogens (tertiary/aromatic N) is 1. The van der Waals surface area contributed by atoms with Gasteiger partial charge in [-0.3, -0.25) is 14.6 Å². The zero-order chi connectivity index (χ0) is 18.8. The summed E-state index contributed by atoms with van der Waals surface area (Å²) in [4.78, 5) is 39.2. The van der Waals surface area contributed by atoms with Crippen molar-refractivity contribution < 1.29 is 19.1 Å². The Morgan fingerprint density at radius 3 is 2.24 bits per heavy atom. The Morgan fingerprint density at radius 1 is 1.08 bits per heavy atom. The van der Waals surface area contributed by atoms with Crippen molar-refractivity contribution in [3.8, 4) is 0 Å². The van der Waals surface area contributed by atoms with E-state index in [9.17, 15) is 14.4 Å². The summed E-state index contributed by atoms with van der Waals surface area (Å²) < 4.78 is 4.39. The Balaban J connectivity index is 2.67. The number of hydrogen-bond donors (Lipinski definition) is 3. The number of para-hydroxylation sites is 1. The average molecular weight is 342 g/mol. The molecular formula is C17H18N4O4. The van der Waals surface area contributed by atoms with Gasteiger partial charge in [0.25, 0.3) is 11.8 Å². The number of nitrogens with one attached hydrogen (secondary N) is 2. The standard InChI is InChI=1S/C17H18N4O4/c1-11(15(22)21-12(2)17(24)25-3)20-16(23)13(9-18)10-19-14-7-5-4-6-8-14/h4-10H,1-2,18H2,3H3,(H,20,23)(H,21,22)/b13-9+,19-10?. The van der Waals surface area contributed by atoms with Crippen LogP contribution in [0.5, 0.6) is 0 Å². The van der Waals surface area contributed by atoms with E-state index in [1.807, 2.05) is 6.07 Å². The van der Waals surface area contributed by atoms with Crippen molar-refractivity contribution >= 4 is 29.7 Å². The molecule has 0 spiro atoms. The van der Waals surface area contributed by atoms with Crippen molar-refractivity contribution in [3.63, 3.8) is 0 Å². The van der Waals surface area contributed by atoms with Gasteiger partial charge in [0.2, 0.25) is 0 Å². The van der Waals surface area contributed by atoms with Gasteiger partial charge in [0.15, 0.2) is 0 Å². The van der Waals surface area contributed by atoms with E-state index < -0.39 is 17.8 Å². The third kappa shape index (κ3) is 6.14. The Hall–Kier alpha value is -3.68. The van der Waals surface area contributed by atoms with Gasteiger partial charge in [0.1, 0.15) is 5.70 Å². The molecule has 8 nitrogen and oxygen atoms in total. The highest BCUT2D eigenvalue weighted by atomic mass is 16.5. The Morgan fingerprint density at radius 2 is 1.68 bits per heavy atom. The molecule has 2 amide bonds. The summed E-state index contributed by atoms with van der Waals surface area (Å²) in [5, 5.41) is 4.40. The molecule has 1 aromatic carbocycles. The molecule has 8 heteroatoms. The molecule has 0 bridgehead atoms. The van der Waals surface area contributed by atoms with E-state index in [2.05, 4.69) is 33.5 Å². The quantitative estimate of drug-likeness (QED) is 0.382. The number of nitrogens with two attached hydrogens (primary N) is 1. The summed E-state index contributed by atoms with van der Waals surface area (Å²) in [5.41, 5.74) is 5.46. The Kier molecular flexibility index (Phi) is 7.33. The fourth-order valence-electron chi connectivity index (χ4n) is 1.49. The highest BCUT2D eigenvalue weighted by Crippen LogP contribution is 2.09. The molecule has 0 radical (unpaired) electrons. The summed E-state index contributed by atoms with van der Waals surface area (Å²) in [6.07, 6.45) is 2.30. The lowest BCUT2D eigenvalue weighted by molar-refractivity contribution is -0.137. The molecule has 0 saturated carbocycles. The van der Waals surface area contributed by atoms with E-state index in [0.717, 1.165) is 13.3 Å². The molecule has 0 saturated heterocycles. The van der Waals surface area contributed by atoms with Gasteiger partial charge in [-0.1, -0.05) is 31.4 Å². The lowest BCUT2D eigenvalue weighted by atomic mass is 10.2. The molecule has 0 aliphatic heterocycles. The lowest BCUT2D eigenvalue weighted by Gasteiger charge is -2.10. The predicted molar refractivity (Wildman–Crippen MR) is 93.4 cm³/mol. The summed E-state index contributed by atoms with van der Waals surface area (Å²) in [6, 6.07) is 8.90. The fraction of sp³-hybridized carbons (Fsp3) is 0.0588. The van der Waals surface area contributed by atoms with E-state index in [1.165, 1.54) is 6.21 Å². The van der Waals surface area contributed by atoms with Crippen LogP contribution in [-0.4, -0.2) is 31.1 Å². The maximum atomic E-state index is 12.1. The maximum absolute atomic E-state index is 12.1. The van der Waals surface area contributed by atoms with Crippen LogP contribution in [0.2, 0.25) is 0 Å². The summed E-state index contributed by atoms with van der Waals surface area (Å²) in [5.74, 6) is -2.32. The summed E-state index contributed by atoms with van der Waals surface area (Å²) in [6.45, 7) is 6.75. The fourth-order valence-corrected chi connectivity index (χ4v) is 1.49. The minimum Gasteiger partial charge on any atom is -0.464 e. The molecule has 1 rings (SSSR count). The molecule has 0 fully saturated rings. The molecule has 130 valence electrons. The normalized spacial score (nSPS) is 10.8. The van der Waals surface area contributed by atoms with Crippen LogP contribution < -0.4 is 16.4 Å². The highest BCUT2D eigenvalue weighted by Gasteiger charge is 2.16.